The molecule has 0 saturated carbocycles. The maximum Gasteiger partial charge on any atom is 0.225 e. The fourth-order valence-corrected chi connectivity index (χ4v) is 2.47. The summed E-state index contributed by atoms with van der Waals surface area (Å²) in [6.07, 6.45) is 5.89. The molecule has 90 valence electrons. The molecule has 1 rings (SSSR count). The summed E-state index contributed by atoms with van der Waals surface area (Å²) in [6, 6.07) is 0. The van der Waals surface area contributed by atoms with Crippen LogP contribution in [0.3, 0.4) is 0 Å². The topological polar surface area (TPSA) is 80.5 Å². The SMILES string of the molecule is C#CC(C)(CC)N1CC(S(N)(=O)=O)CC1=O. The zero-order valence-corrected chi connectivity index (χ0v) is 10.3. The van der Waals surface area contributed by atoms with Crippen LogP contribution in [0.4, 0.5) is 0 Å². The van der Waals surface area contributed by atoms with Crippen LogP contribution in [0.15, 0.2) is 0 Å². The number of sulfonamides is 1. The second-order valence-corrected chi connectivity index (χ2v) is 6.04. The minimum Gasteiger partial charge on any atom is -0.325 e. The van der Waals surface area contributed by atoms with Gasteiger partial charge in [0.2, 0.25) is 15.9 Å². The number of amides is 1. The van der Waals surface area contributed by atoms with E-state index < -0.39 is 20.8 Å². The van der Waals surface area contributed by atoms with Crippen LogP contribution in [-0.2, 0) is 14.8 Å². The molecule has 1 amide bonds. The molecule has 1 saturated heterocycles. The van der Waals surface area contributed by atoms with Gasteiger partial charge in [-0.1, -0.05) is 12.8 Å². The Morgan fingerprint density at radius 1 is 1.69 bits per heavy atom. The molecule has 1 aliphatic heterocycles. The lowest BCUT2D eigenvalue weighted by Gasteiger charge is -2.33. The van der Waals surface area contributed by atoms with E-state index in [0.717, 1.165) is 0 Å². The summed E-state index contributed by atoms with van der Waals surface area (Å²) in [6.45, 7) is 3.69. The molecule has 5 nitrogen and oxygen atoms in total. The zero-order chi connectivity index (χ0) is 12.6. The van der Waals surface area contributed by atoms with Gasteiger partial charge in [0, 0.05) is 13.0 Å². The van der Waals surface area contributed by atoms with Gasteiger partial charge in [-0.15, -0.1) is 6.42 Å². The van der Waals surface area contributed by atoms with Crippen LogP contribution in [-0.4, -0.2) is 36.6 Å². The van der Waals surface area contributed by atoms with E-state index in [1.54, 1.807) is 6.92 Å². The van der Waals surface area contributed by atoms with E-state index in [9.17, 15) is 13.2 Å². The van der Waals surface area contributed by atoms with Gasteiger partial charge in [0.25, 0.3) is 0 Å². The fraction of sp³-hybridized carbons (Fsp3) is 0.700. The Kier molecular flexibility index (Phi) is 3.31. The Labute approximate surface area is 96.0 Å². The minimum atomic E-state index is -3.68. The molecule has 0 aliphatic carbocycles. The van der Waals surface area contributed by atoms with Crippen molar-refractivity contribution in [2.75, 3.05) is 6.54 Å². The molecular weight excluding hydrogens is 228 g/mol. The lowest BCUT2D eigenvalue weighted by molar-refractivity contribution is -0.131. The molecule has 2 atom stereocenters. The molecule has 2 N–H and O–H groups in total. The van der Waals surface area contributed by atoms with Gasteiger partial charge < -0.3 is 4.90 Å². The standard InChI is InChI=1S/C10H16N2O3S/c1-4-10(3,5-2)12-7-8(6-9(12)13)16(11,14)15/h1,8H,5-7H2,2-3H3,(H2,11,14,15). The summed E-state index contributed by atoms with van der Waals surface area (Å²) in [7, 11) is -3.68. The molecular formula is C10H16N2O3S. The number of carbonyl (C=O) groups excluding carboxylic acids is 1. The summed E-state index contributed by atoms with van der Waals surface area (Å²) < 4.78 is 22.4. The lowest BCUT2D eigenvalue weighted by atomic mass is 9.98. The molecule has 1 aliphatic rings. The van der Waals surface area contributed by atoms with Crippen molar-refractivity contribution in [3.8, 4) is 12.3 Å². The molecule has 2 unspecified atom stereocenters. The number of rotatable bonds is 3. The Bertz CT molecular complexity index is 437. The zero-order valence-electron chi connectivity index (χ0n) is 9.43. The minimum absolute atomic E-state index is 0.0733. The number of nitrogens with zero attached hydrogens (tertiary/aromatic N) is 1. The van der Waals surface area contributed by atoms with Gasteiger partial charge in [0.05, 0.1) is 0 Å². The molecule has 0 aromatic carbocycles. The summed E-state index contributed by atoms with van der Waals surface area (Å²) in [5, 5.41) is 4.20. The number of carbonyl (C=O) groups is 1. The van der Waals surface area contributed by atoms with Gasteiger partial charge in [-0.3, -0.25) is 4.79 Å². The van der Waals surface area contributed by atoms with Gasteiger partial charge in [-0.2, -0.15) is 0 Å². The van der Waals surface area contributed by atoms with Crippen LogP contribution in [0.2, 0.25) is 0 Å². The highest BCUT2D eigenvalue weighted by Crippen LogP contribution is 2.27. The van der Waals surface area contributed by atoms with E-state index >= 15 is 0 Å². The highest BCUT2D eigenvalue weighted by atomic mass is 32.2. The maximum absolute atomic E-state index is 11.7. The van der Waals surface area contributed by atoms with Gasteiger partial charge in [0.1, 0.15) is 10.8 Å². The van der Waals surface area contributed by atoms with Crippen LogP contribution in [0.25, 0.3) is 0 Å². The monoisotopic (exact) mass is 244 g/mol. The summed E-state index contributed by atoms with van der Waals surface area (Å²) in [5.74, 6) is 2.29. The Hall–Kier alpha value is -1.06. The molecule has 0 spiro atoms. The largest absolute Gasteiger partial charge is 0.325 e. The van der Waals surface area contributed by atoms with Gasteiger partial charge in [-0.25, -0.2) is 13.6 Å². The van der Waals surface area contributed by atoms with Gasteiger partial charge in [0.15, 0.2) is 0 Å². The summed E-state index contributed by atoms with van der Waals surface area (Å²) in [4.78, 5) is 13.1. The van der Waals surface area contributed by atoms with Crippen molar-refractivity contribution in [1.82, 2.24) is 4.90 Å². The van der Waals surface area contributed by atoms with Crippen molar-refractivity contribution < 1.29 is 13.2 Å². The highest BCUT2D eigenvalue weighted by molar-refractivity contribution is 7.89. The first-order chi connectivity index (χ1) is 7.24. The lowest BCUT2D eigenvalue weighted by Crippen LogP contribution is -2.46. The Balaban J connectivity index is 2.97. The smallest absolute Gasteiger partial charge is 0.225 e. The third kappa shape index (κ3) is 2.20. The molecule has 0 radical (unpaired) electrons. The van der Waals surface area contributed by atoms with Crippen LogP contribution in [0.5, 0.6) is 0 Å². The number of likely N-dealkylation sites (tertiary alicyclic amines) is 1. The van der Waals surface area contributed by atoms with Crippen molar-refractivity contribution in [2.45, 2.75) is 37.5 Å². The number of primary sulfonamides is 1. The molecule has 16 heavy (non-hydrogen) atoms. The van der Waals surface area contributed by atoms with Crippen LogP contribution in [0.1, 0.15) is 26.7 Å². The molecule has 0 aromatic rings. The average molecular weight is 244 g/mol. The van der Waals surface area contributed by atoms with E-state index in [1.807, 2.05) is 6.92 Å². The number of hydrogen-bond donors (Lipinski definition) is 1. The second-order valence-electron chi connectivity index (χ2n) is 4.19. The first kappa shape index (κ1) is 13.0. The highest BCUT2D eigenvalue weighted by Gasteiger charge is 2.43. The Morgan fingerprint density at radius 2 is 2.25 bits per heavy atom. The van der Waals surface area contributed by atoms with E-state index in [1.165, 1.54) is 4.90 Å². The number of nitrogens with two attached hydrogens (primary N) is 1. The van der Waals surface area contributed by atoms with Crippen molar-refractivity contribution in [3.05, 3.63) is 0 Å². The Morgan fingerprint density at radius 3 is 2.56 bits per heavy atom. The van der Waals surface area contributed by atoms with Crippen molar-refractivity contribution in [1.29, 1.82) is 0 Å². The number of terminal acetylenes is 1. The summed E-state index contributed by atoms with van der Waals surface area (Å²) in [5.41, 5.74) is -0.726. The van der Waals surface area contributed by atoms with Crippen LogP contribution in [0, 0.1) is 12.3 Å². The maximum atomic E-state index is 11.7. The van der Waals surface area contributed by atoms with Gasteiger partial charge >= 0.3 is 0 Å². The van der Waals surface area contributed by atoms with E-state index in [0.29, 0.717) is 6.42 Å². The third-order valence-electron chi connectivity index (χ3n) is 3.15. The third-order valence-corrected chi connectivity index (χ3v) is 4.39. The quantitative estimate of drug-likeness (QED) is 0.691. The average Bonchev–Trinajstić information content (AvgIpc) is 2.59. The molecule has 0 bridgehead atoms. The van der Waals surface area contributed by atoms with E-state index in [4.69, 9.17) is 11.6 Å². The first-order valence-corrected chi connectivity index (χ1v) is 6.65. The summed E-state index contributed by atoms with van der Waals surface area (Å²) >= 11 is 0. The second kappa shape index (κ2) is 4.07. The van der Waals surface area contributed by atoms with E-state index in [-0.39, 0.29) is 18.9 Å². The van der Waals surface area contributed by atoms with Crippen LogP contribution >= 0.6 is 0 Å². The predicted molar refractivity (Wildman–Crippen MR) is 60.8 cm³/mol. The molecule has 1 fully saturated rings. The van der Waals surface area contributed by atoms with Gasteiger partial charge in [-0.05, 0) is 13.3 Å². The molecule has 1 heterocycles. The van der Waals surface area contributed by atoms with E-state index in [2.05, 4.69) is 5.92 Å². The normalized spacial score (nSPS) is 25.2. The molecule has 6 heteroatoms. The predicted octanol–water partition coefficient (Wildman–Crippen LogP) is -0.322. The number of hydrogen-bond acceptors (Lipinski definition) is 3. The van der Waals surface area contributed by atoms with Crippen molar-refractivity contribution >= 4 is 15.9 Å². The fourth-order valence-electron chi connectivity index (χ4n) is 1.74. The molecule has 0 aromatic heterocycles. The van der Waals surface area contributed by atoms with Crippen molar-refractivity contribution in [3.63, 3.8) is 0 Å². The first-order valence-electron chi connectivity index (χ1n) is 5.04. The van der Waals surface area contributed by atoms with Crippen molar-refractivity contribution in [2.24, 2.45) is 5.14 Å². The van der Waals surface area contributed by atoms with Crippen LogP contribution < -0.4 is 5.14 Å².